The Bertz CT molecular complexity index is 461. The molecule has 3 heterocycles. The maximum absolute atomic E-state index is 4.16. The van der Waals surface area contributed by atoms with E-state index in [1.807, 2.05) is 24.8 Å². The Labute approximate surface area is 81.6 Å². The molecule has 70 valence electrons. The molecular formula is C10H10N4. The van der Waals surface area contributed by atoms with E-state index >= 15 is 0 Å². The molecule has 0 amide bonds. The van der Waals surface area contributed by atoms with Gasteiger partial charge in [-0.3, -0.25) is 4.98 Å². The van der Waals surface area contributed by atoms with Crippen LogP contribution < -0.4 is 5.32 Å². The van der Waals surface area contributed by atoms with E-state index in [9.17, 15) is 0 Å². The van der Waals surface area contributed by atoms with Crippen LogP contribution in [-0.4, -0.2) is 21.1 Å². The molecule has 4 heteroatoms. The zero-order chi connectivity index (χ0) is 9.38. The Morgan fingerprint density at radius 1 is 1.29 bits per heavy atom. The molecule has 0 bridgehead atoms. The van der Waals surface area contributed by atoms with E-state index < -0.39 is 0 Å². The number of imidazole rings is 1. The number of nitrogens with one attached hydrogen (secondary N) is 1. The van der Waals surface area contributed by atoms with Crippen molar-refractivity contribution in [3.63, 3.8) is 0 Å². The van der Waals surface area contributed by atoms with Gasteiger partial charge in [-0.05, 0) is 6.07 Å². The van der Waals surface area contributed by atoms with Gasteiger partial charge in [0, 0.05) is 31.1 Å². The van der Waals surface area contributed by atoms with Crippen molar-refractivity contribution in [3.05, 3.63) is 36.7 Å². The average Bonchev–Trinajstić information content (AvgIpc) is 2.61. The molecule has 1 N–H and O–H groups in total. The third-order valence-corrected chi connectivity index (χ3v) is 2.47. The highest BCUT2D eigenvalue weighted by atomic mass is 15.1. The lowest BCUT2D eigenvalue weighted by molar-refractivity contribution is 0.928. The summed E-state index contributed by atoms with van der Waals surface area (Å²) in [4.78, 5) is 8.26. The first-order valence-electron chi connectivity index (χ1n) is 4.64. The van der Waals surface area contributed by atoms with Crippen molar-refractivity contribution in [3.8, 4) is 5.69 Å². The van der Waals surface area contributed by atoms with Gasteiger partial charge < -0.3 is 9.88 Å². The van der Waals surface area contributed by atoms with Crippen molar-refractivity contribution in [2.45, 2.75) is 6.42 Å². The Hall–Kier alpha value is -1.84. The standard InChI is InChI=1S/C10H10N4/c1-4-13-9-6-11-3-2-10(9)14-7-12-5-8(1)14/h2-3,5-7,13H,1,4H2. The van der Waals surface area contributed by atoms with Crippen LogP contribution in [0.25, 0.3) is 5.69 Å². The molecule has 2 aromatic heterocycles. The van der Waals surface area contributed by atoms with Crippen LogP contribution in [0.1, 0.15) is 5.69 Å². The summed E-state index contributed by atoms with van der Waals surface area (Å²) in [6, 6.07) is 2.00. The molecule has 0 saturated carbocycles. The van der Waals surface area contributed by atoms with Crippen LogP contribution in [0.15, 0.2) is 31.0 Å². The summed E-state index contributed by atoms with van der Waals surface area (Å²) in [6.45, 7) is 0.935. The fourth-order valence-corrected chi connectivity index (χ4v) is 1.78. The predicted octanol–water partition coefficient (Wildman–Crippen LogP) is 1.24. The summed E-state index contributed by atoms with van der Waals surface area (Å²) in [7, 11) is 0. The number of fused-ring (bicyclic) bond motifs is 3. The van der Waals surface area contributed by atoms with Crippen molar-refractivity contribution < 1.29 is 0 Å². The minimum absolute atomic E-state index is 0.935. The summed E-state index contributed by atoms with van der Waals surface area (Å²) < 4.78 is 2.11. The molecule has 0 spiro atoms. The number of hydrogen-bond acceptors (Lipinski definition) is 3. The molecule has 0 atom stereocenters. The number of hydrogen-bond donors (Lipinski definition) is 1. The van der Waals surface area contributed by atoms with Gasteiger partial charge in [0.1, 0.15) is 0 Å². The van der Waals surface area contributed by atoms with Gasteiger partial charge >= 0.3 is 0 Å². The smallest absolute Gasteiger partial charge is 0.0994 e. The van der Waals surface area contributed by atoms with Crippen molar-refractivity contribution >= 4 is 5.69 Å². The van der Waals surface area contributed by atoms with Gasteiger partial charge in [0.05, 0.1) is 23.9 Å². The fraction of sp³-hybridized carbons (Fsp3) is 0.200. The average molecular weight is 186 g/mol. The molecule has 0 saturated heterocycles. The second-order valence-corrected chi connectivity index (χ2v) is 3.32. The molecular weight excluding hydrogens is 176 g/mol. The number of anilines is 1. The minimum atomic E-state index is 0.935. The predicted molar refractivity (Wildman–Crippen MR) is 53.6 cm³/mol. The molecule has 4 nitrogen and oxygen atoms in total. The Balaban J connectivity index is 2.27. The van der Waals surface area contributed by atoms with Crippen LogP contribution >= 0.6 is 0 Å². The van der Waals surface area contributed by atoms with Gasteiger partial charge in [-0.2, -0.15) is 0 Å². The lowest BCUT2D eigenvalue weighted by Gasteiger charge is -2.07. The van der Waals surface area contributed by atoms with Gasteiger partial charge in [0.15, 0.2) is 0 Å². The number of nitrogens with zero attached hydrogens (tertiary/aromatic N) is 3. The zero-order valence-electron chi connectivity index (χ0n) is 7.64. The summed E-state index contributed by atoms with van der Waals surface area (Å²) in [6.07, 6.45) is 8.41. The van der Waals surface area contributed by atoms with E-state index in [1.165, 1.54) is 5.69 Å². The molecule has 0 aromatic carbocycles. The maximum atomic E-state index is 4.16. The van der Waals surface area contributed by atoms with Gasteiger partial charge in [-0.25, -0.2) is 4.98 Å². The summed E-state index contributed by atoms with van der Waals surface area (Å²) >= 11 is 0. The molecule has 0 aliphatic carbocycles. The molecule has 3 rings (SSSR count). The van der Waals surface area contributed by atoms with Crippen LogP contribution in [0.2, 0.25) is 0 Å². The van der Waals surface area contributed by atoms with Crippen LogP contribution in [0.5, 0.6) is 0 Å². The highest BCUT2D eigenvalue weighted by molar-refractivity contribution is 5.60. The van der Waals surface area contributed by atoms with E-state index in [0.29, 0.717) is 0 Å². The third-order valence-electron chi connectivity index (χ3n) is 2.47. The zero-order valence-corrected chi connectivity index (χ0v) is 7.64. The first-order valence-corrected chi connectivity index (χ1v) is 4.64. The number of aromatic nitrogens is 3. The van der Waals surface area contributed by atoms with Crippen molar-refractivity contribution in [1.82, 2.24) is 14.5 Å². The SMILES string of the molecule is c1cc2c(cn1)NCCc1cncn1-2. The van der Waals surface area contributed by atoms with Crippen LogP contribution in [-0.2, 0) is 6.42 Å². The summed E-state index contributed by atoms with van der Waals surface area (Å²) in [5.41, 5.74) is 3.44. The van der Waals surface area contributed by atoms with Crippen LogP contribution in [0, 0.1) is 0 Å². The molecule has 0 unspecified atom stereocenters. The molecule has 0 radical (unpaired) electrons. The van der Waals surface area contributed by atoms with Crippen molar-refractivity contribution in [1.29, 1.82) is 0 Å². The van der Waals surface area contributed by atoms with Crippen LogP contribution in [0.3, 0.4) is 0 Å². The fourth-order valence-electron chi connectivity index (χ4n) is 1.78. The molecule has 14 heavy (non-hydrogen) atoms. The first-order chi connectivity index (χ1) is 6.95. The van der Waals surface area contributed by atoms with E-state index in [4.69, 9.17) is 0 Å². The first kappa shape index (κ1) is 7.55. The van der Waals surface area contributed by atoms with Gasteiger partial charge in [0.25, 0.3) is 0 Å². The molecule has 1 aliphatic heterocycles. The van der Waals surface area contributed by atoms with E-state index in [2.05, 4.69) is 19.9 Å². The topological polar surface area (TPSA) is 42.7 Å². The van der Waals surface area contributed by atoms with Gasteiger partial charge in [-0.15, -0.1) is 0 Å². The lowest BCUT2D eigenvalue weighted by atomic mass is 10.3. The Morgan fingerprint density at radius 2 is 2.29 bits per heavy atom. The van der Waals surface area contributed by atoms with Crippen molar-refractivity contribution in [2.24, 2.45) is 0 Å². The number of pyridine rings is 1. The second-order valence-electron chi connectivity index (χ2n) is 3.32. The van der Waals surface area contributed by atoms with E-state index in [-0.39, 0.29) is 0 Å². The molecule has 1 aliphatic rings. The molecule has 0 fully saturated rings. The Morgan fingerprint density at radius 3 is 3.29 bits per heavy atom. The minimum Gasteiger partial charge on any atom is -0.382 e. The Kier molecular flexibility index (Phi) is 1.53. The molecule has 2 aromatic rings. The van der Waals surface area contributed by atoms with Crippen molar-refractivity contribution in [2.75, 3.05) is 11.9 Å². The largest absolute Gasteiger partial charge is 0.382 e. The van der Waals surface area contributed by atoms with E-state index in [1.54, 1.807) is 6.20 Å². The lowest BCUT2D eigenvalue weighted by Crippen LogP contribution is -2.02. The van der Waals surface area contributed by atoms with Gasteiger partial charge in [-0.1, -0.05) is 0 Å². The second kappa shape index (κ2) is 2.83. The normalized spacial score (nSPS) is 13.7. The number of rotatable bonds is 0. The monoisotopic (exact) mass is 186 g/mol. The third kappa shape index (κ3) is 1.00. The quantitative estimate of drug-likeness (QED) is 0.673. The highest BCUT2D eigenvalue weighted by Gasteiger charge is 2.12. The highest BCUT2D eigenvalue weighted by Crippen LogP contribution is 2.22. The summed E-state index contributed by atoms with van der Waals surface area (Å²) in [5, 5.41) is 3.35. The summed E-state index contributed by atoms with van der Waals surface area (Å²) in [5.74, 6) is 0. The van der Waals surface area contributed by atoms with Crippen LogP contribution in [0.4, 0.5) is 5.69 Å². The van der Waals surface area contributed by atoms with E-state index in [0.717, 1.165) is 24.3 Å². The maximum Gasteiger partial charge on any atom is 0.0994 e. The van der Waals surface area contributed by atoms with Gasteiger partial charge in [0.2, 0.25) is 0 Å².